The largest absolute Gasteiger partial charge is 0.444 e. The summed E-state index contributed by atoms with van der Waals surface area (Å²) in [7, 11) is 0. The van der Waals surface area contributed by atoms with E-state index in [2.05, 4.69) is 20.4 Å². The van der Waals surface area contributed by atoms with Gasteiger partial charge in [0.1, 0.15) is 11.4 Å². The van der Waals surface area contributed by atoms with Crippen molar-refractivity contribution >= 4 is 28.7 Å². The number of nitrogens with one attached hydrogen (secondary N) is 2. The first-order valence-electron chi connectivity index (χ1n) is 15.9. The second-order valence-electron chi connectivity index (χ2n) is 13.4. The number of ether oxygens (including phenoxy) is 1. The maximum Gasteiger partial charge on any atom is 0.407 e. The Morgan fingerprint density at radius 3 is 2.20 bits per heavy atom. The van der Waals surface area contributed by atoms with Crippen molar-refractivity contribution in [1.29, 1.82) is 0 Å². The molecule has 1 aromatic carbocycles. The minimum absolute atomic E-state index is 0.0111. The number of aromatic nitrogens is 1. The van der Waals surface area contributed by atoms with Crippen molar-refractivity contribution in [3.63, 3.8) is 0 Å². The third-order valence-corrected chi connectivity index (χ3v) is 9.14. The fourth-order valence-corrected chi connectivity index (χ4v) is 6.45. The number of fused-ring (bicyclic) bond motifs is 1. The second kappa shape index (κ2) is 13.4. The van der Waals surface area contributed by atoms with Gasteiger partial charge in [-0.15, -0.1) is 0 Å². The molecular weight excluding hydrogens is 514 g/mol. The normalized spacial score (nSPS) is 22.3. The van der Waals surface area contributed by atoms with Crippen LogP contribution < -0.4 is 15.5 Å². The number of anilines is 1. The highest BCUT2D eigenvalue weighted by Crippen LogP contribution is 2.30. The number of para-hydroxylation sites is 1. The van der Waals surface area contributed by atoms with Crippen molar-refractivity contribution in [1.82, 2.24) is 20.5 Å². The topological polar surface area (TPSA) is 86.8 Å². The first-order chi connectivity index (χ1) is 19.7. The van der Waals surface area contributed by atoms with Crippen molar-refractivity contribution in [3.05, 3.63) is 35.9 Å². The molecule has 0 spiro atoms. The Balaban J connectivity index is 1.12. The summed E-state index contributed by atoms with van der Waals surface area (Å²) >= 11 is 0. The Bertz CT molecular complexity index is 1180. The van der Waals surface area contributed by atoms with Crippen LogP contribution in [0.15, 0.2) is 30.3 Å². The van der Waals surface area contributed by atoms with E-state index in [4.69, 9.17) is 9.72 Å². The van der Waals surface area contributed by atoms with E-state index in [1.807, 2.05) is 51.1 Å². The monoisotopic (exact) mass is 563 g/mol. The van der Waals surface area contributed by atoms with Crippen LogP contribution in [0.1, 0.15) is 82.5 Å². The predicted molar refractivity (Wildman–Crippen MR) is 164 cm³/mol. The lowest BCUT2D eigenvalue weighted by molar-refractivity contribution is 0.0512. The van der Waals surface area contributed by atoms with E-state index < -0.39 is 5.60 Å². The Morgan fingerprint density at radius 1 is 0.902 bits per heavy atom. The molecule has 8 nitrogen and oxygen atoms in total. The smallest absolute Gasteiger partial charge is 0.407 e. The van der Waals surface area contributed by atoms with Gasteiger partial charge in [0.2, 0.25) is 0 Å². The molecule has 41 heavy (non-hydrogen) atoms. The molecule has 1 saturated carbocycles. The molecule has 2 amide bonds. The lowest BCUT2D eigenvalue weighted by Crippen LogP contribution is -2.40. The van der Waals surface area contributed by atoms with Crippen molar-refractivity contribution in [2.24, 2.45) is 17.8 Å². The summed E-state index contributed by atoms with van der Waals surface area (Å²) in [5.74, 6) is 2.62. The summed E-state index contributed by atoms with van der Waals surface area (Å²) in [5, 5.41) is 7.08. The number of nitrogens with zero attached hydrogens (tertiary/aromatic N) is 3. The number of likely N-dealkylation sites (tertiary alicyclic amines) is 1. The summed E-state index contributed by atoms with van der Waals surface area (Å²) < 4.78 is 5.36. The Morgan fingerprint density at radius 2 is 1.56 bits per heavy atom. The van der Waals surface area contributed by atoms with E-state index in [1.165, 1.54) is 45.3 Å². The molecule has 2 N–H and O–H groups in total. The zero-order valence-electron chi connectivity index (χ0n) is 25.3. The van der Waals surface area contributed by atoms with Crippen LogP contribution in [0.2, 0.25) is 0 Å². The lowest BCUT2D eigenvalue weighted by Gasteiger charge is -2.36. The molecule has 1 aromatic heterocycles. The van der Waals surface area contributed by atoms with Crippen LogP contribution in [-0.2, 0) is 4.74 Å². The van der Waals surface area contributed by atoms with Crippen LogP contribution in [0.5, 0.6) is 0 Å². The first kappa shape index (κ1) is 29.6. The highest BCUT2D eigenvalue weighted by molar-refractivity contribution is 6.07. The van der Waals surface area contributed by atoms with Gasteiger partial charge in [0.05, 0.1) is 11.1 Å². The molecule has 1 aliphatic carbocycles. The molecule has 2 aromatic rings. The molecule has 0 radical (unpaired) electrons. The van der Waals surface area contributed by atoms with Gasteiger partial charge in [-0.25, -0.2) is 9.78 Å². The van der Waals surface area contributed by atoms with Gasteiger partial charge in [0.25, 0.3) is 5.91 Å². The molecule has 3 aliphatic rings. The minimum Gasteiger partial charge on any atom is -0.444 e. The number of benzene rings is 1. The lowest BCUT2D eigenvalue weighted by atomic mass is 9.82. The summed E-state index contributed by atoms with van der Waals surface area (Å²) in [5.41, 5.74) is 1.12. The van der Waals surface area contributed by atoms with Gasteiger partial charge in [-0.1, -0.05) is 18.2 Å². The molecule has 0 atom stereocenters. The number of amides is 2. The van der Waals surface area contributed by atoms with E-state index in [1.54, 1.807) is 0 Å². The number of hydrogen-bond donors (Lipinski definition) is 2. The van der Waals surface area contributed by atoms with E-state index in [9.17, 15) is 9.59 Å². The number of alkyl carbamates (subject to hydrolysis) is 1. The van der Waals surface area contributed by atoms with Gasteiger partial charge in [-0.2, -0.15) is 0 Å². The number of rotatable bonds is 9. The third-order valence-electron chi connectivity index (χ3n) is 9.14. The molecule has 0 unspecified atom stereocenters. The van der Waals surface area contributed by atoms with Gasteiger partial charge >= 0.3 is 6.09 Å². The van der Waals surface area contributed by atoms with E-state index >= 15 is 0 Å². The first-order valence-corrected chi connectivity index (χ1v) is 15.9. The molecule has 2 saturated heterocycles. The van der Waals surface area contributed by atoms with Crippen LogP contribution in [0.25, 0.3) is 10.9 Å². The zero-order chi connectivity index (χ0) is 28.8. The van der Waals surface area contributed by atoms with Gasteiger partial charge in [-0.3, -0.25) is 4.79 Å². The molecule has 2 aliphatic heterocycles. The van der Waals surface area contributed by atoms with Crippen molar-refractivity contribution in [2.45, 2.75) is 77.7 Å². The summed E-state index contributed by atoms with van der Waals surface area (Å²) in [6.07, 6.45) is 8.90. The maximum absolute atomic E-state index is 13.5. The number of carbonyl (C=O) groups is 2. The van der Waals surface area contributed by atoms with E-state index in [0.717, 1.165) is 67.0 Å². The van der Waals surface area contributed by atoms with Gasteiger partial charge in [0, 0.05) is 31.6 Å². The Kier molecular flexibility index (Phi) is 9.68. The van der Waals surface area contributed by atoms with Crippen LogP contribution in [0.4, 0.5) is 10.6 Å². The standard InChI is InChI=1S/C33H49N5O3/c1-33(2,3)41-32(40)35-23-26-11-9-25(10-12-26)22-34-31(39)28-21-30(36-29-8-5-4-7-27(28)29)38-19-14-24(15-20-38)13-18-37-16-6-17-37/h4-5,7-8,21,24-26H,6,9-20,22-23H2,1-3H3,(H,34,39)(H,35,40)/t25-,26-. The van der Waals surface area contributed by atoms with Gasteiger partial charge < -0.3 is 25.2 Å². The average Bonchev–Trinajstić information content (AvgIpc) is 2.93. The highest BCUT2D eigenvalue weighted by atomic mass is 16.6. The van der Waals surface area contributed by atoms with Crippen LogP contribution >= 0.6 is 0 Å². The molecule has 3 fully saturated rings. The van der Waals surface area contributed by atoms with Crippen LogP contribution in [0, 0.1) is 17.8 Å². The summed E-state index contributed by atoms with van der Waals surface area (Å²) in [6.45, 7) is 12.8. The van der Waals surface area contributed by atoms with E-state index in [0.29, 0.717) is 24.9 Å². The number of pyridine rings is 1. The maximum atomic E-state index is 13.5. The number of carbonyl (C=O) groups excluding carboxylic acids is 2. The quantitative estimate of drug-likeness (QED) is 0.413. The van der Waals surface area contributed by atoms with Crippen LogP contribution in [-0.4, -0.2) is 73.3 Å². The van der Waals surface area contributed by atoms with E-state index in [-0.39, 0.29) is 12.0 Å². The number of piperidine rings is 1. The predicted octanol–water partition coefficient (Wildman–Crippen LogP) is 5.61. The average molecular weight is 564 g/mol. The molecular formula is C33H49N5O3. The minimum atomic E-state index is -0.481. The summed E-state index contributed by atoms with van der Waals surface area (Å²) in [4.78, 5) is 35.4. The molecule has 0 bridgehead atoms. The second-order valence-corrected chi connectivity index (χ2v) is 13.4. The Hall–Kier alpha value is -2.87. The fraction of sp³-hybridized carbons (Fsp3) is 0.667. The van der Waals surface area contributed by atoms with Crippen molar-refractivity contribution < 1.29 is 14.3 Å². The fourth-order valence-electron chi connectivity index (χ4n) is 6.45. The molecule has 224 valence electrons. The SMILES string of the molecule is CC(C)(C)OC(=O)NC[C@H]1CC[C@H](CNC(=O)c2cc(N3CCC(CCN4CCC4)CC3)nc3ccccc23)CC1. The molecule has 8 heteroatoms. The van der Waals surface area contributed by atoms with Crippen LogP contribution in [0.3, 0.4) is 0 Å². The van der Waals surface area contributed by atoms with Gasteiger partial charge in [-0.05, 0) is 122 Å². The highest BCUT2D eigenvalue weighted by Gasteiger charge is 2.26. The van der Waals surface area contributed by atoms with Crippen molar-refractivity contribution in [3.8, 4) is 0 Å². The molecule has 5 rings (SSSR count). The number of hydrogen-bond acceptors (Lipinski definition) is 6. The molecule has 3 heterocycles. The van der Waals surface area contributed by atoms with Crippen molar-refractivity contribution in [2.75, 3.05) is 50.7 Å². The Labute approximate surface area is 245 Å². The van der Waals surface area contributed by atoms with Gasteiger partial charge in [0.15, 0.2) is 0 Å². The zero-order valence-corrected chi connectivity index (χ0v) is 25.3. The third kappa shape index (κ3) is 8.34. The summed E-state index contributed by atoms with van der Waals surface area (Å²) in [6, 6.07) is 10.0.